The van der Waals surface area contributed by atoms with E-state index >= 15 is 0 Å². The standard InChI is InChI=1S/C12H17N/c1-3-5-6-11(4-2)12-7-9-13-10-8-12/h3,7-11H,1,4-6H2,2H3. The van der Waals surface area contributed by atoms with Crippen LogP contribution in [0.5, 0.6) is 0 Å². The molecule has 0 spiro atoms. The predicted octanol–water partition coefficient (Wildman–Crippen LogP) is 3.54. The maximum absolute atomic E-state index is 4.02. The highest BCUT2D eigenvalue weighted by atomic mass is 14.6. The molecule has 0 amide bonds. The van der Waals surface area contributed by atoms with E-state index in [0.717, 1.165) is 6.42 Å². The Morgan fingerprint density at radius 2 is 2.15 bits per heavy atom. The lowest BCUT2D eigenvalue weighted by Gasteiger charge is -2.13. The van der Waals surface area contributed by atoms with Crippen LogP contribution in [0.25, 0.3) is 0 Å². The summed E-state index contributed by atoms with van der Waals surface area (Å²) in [6.45, 7) is 5.98. The first-order valence-corrected chi connectivity index (χ1v) is 4.89. The van der Waals surface area contributed by atoms with Crippen molar-refractivity contribution in [3.8, 4) is 0 Å². The van der Waals surface area contributed by atoms with Crippen molar-refractivity contribution in [2.45, 2.75) is 32.1 Å². The third-order valence-corrected chi connectivity index (χ3v) is 2.39. The number of allylic oxidation sites excluding steroid dienone is 1. The lowest BCUT2D eigenvalue weighted by atomic mass is 9.93. The predicted molar refractivity (Wildman–Crippen MR) is 56.7 cm³/mol. The number of hydrogen-bond donors (Lipinski definition) is 0. The molecule has 70 valence electrons. The highest BCUT2D eigenvalue weighted by molar-refractivity contribution is 5.15. The molecule has 0 saturated carbocycles. The summed E-state index contributed by atoms with van der Waals surface area (Å²) in [5.74, 6) is 0.668. The molecule has 0 N–H and O–H groups in total. The topological polar surface area (TPSA) is 12.9 Å². The number of pyridine rings is 1. The van der Waals surface area contributed by atoms with Gasteiger partial charge in [-0.25, -0.2) is 0 Å². The summed E-state index contributed by atoms with van der Waals surface area (Å²) in [7, 11) is 0. The van der Waals surface area contributed by atoms with E-state index in [9.17, 15) is 0 Å². The second kappa shape index (κ2) is 5.52. The minimum absolute atomic E-state index is 0.668. The molecule has 0 aliphatic heterocycles. The second-order valence-electron chi connectivity index (χ2n) is 3.25. The van der Waals surface area contributed by atoms with E-state index in [1.54, 1.807) is 0 Å². The fraction of sp³-hybridized carbons (Fsp3) is 0.417. The van der Waals surface area contributed by atoms with E-state index in [-0.39, 0.29) is 0 Å². The molecule has 1 unspecified atom stereocenters. The van der Waals surface area contributed by atoms with Crippen LogP contribution in [0.3, 0.4) is 0 Å². The fourth-order valence-corrected chi connectivity index (χ4v) is 1.56. The van der Waals surface area contributed by atoms with E-state index < -0.39 is 0 Å². The molecular weight excluding hydrogens is 158 g/mol. The molecule has 0 saturated heterocycles. The Labute approximate surface area is 80.5 Å². The van der Waals surface area contributed by atoms with Crippen molar-refractivity contribution in [1.29, 1.82) is 0 Å². The van der Waals surface area contributed by atoms with Crippen LogP contribution < -0.4 is 0 Å². The SMILES string of the molecule is C=CCCC(CC)c1ccncc1. The average molecular weight is 175 g/mol. The van der Waals surface area contributed by atoms with Gasteiger partial charge in [0.1, 0.15) is 0 Å². The molecule has 1 heteroatoms. The van der Waals surface area contributed by atoms with Gasteiger partial charge in [-0.2, -0.15) is 0 Å². The van der Waals surface area contributed by atoms with Crippen LogP contribution in [-0.2, 0) is 0 Å². The van der Waals surface area contributed by atoms with Crippen LogP contribution >= 0.6 is 0 Å². The molecular formula is C12H17N. The highest BCUT2D eigenvalue weighted by Gasteiger charge is 2.06. The van der Waals surface area contributed by atoms with Crippen LogP contribution in [0.1, 0.15) is 37.7 Å². The largest absolute Gasteiger partial charge is 0.265 e. The first kappa shape index (κ1) is 9.97. The van der Waals surface area contributed by atoms with Gasteiger partial charge in [-0.05, 0) is 42.9 Å². The Hall–Kier alpha value is -1.11. The summed E-state index contributed by atoms with van der Waals surface area (Å²) in [5, 5.41) is 0. The van der Waals surface area contributed by atoms with Gasteiger partial charge in [0.15, 0.2) is 0 Å². The van der Waals surface area contributed by atoms with Crippen molar-refractivity contribution in [3.63, 3.8) is 0 Å². The monoisotopic (exact) mass is 175 g/mol. The van der Waals surface area contributed by atoms with Gasteiger partial charge in [0, 0.05) is 12.4 Å². The fourth-order valence-electron chi connectivity index (χ4n) is 1.56. The summed E-state index contributed by atoms with van der Waals surface area (Å²) >= 11 is 0. The van der Waals surface area contributed by atoms with Gasteiger partial charge >= 0.3 is 0 Å². The summed E-state index contributed by atoms with van der Waals surface area (Å²) < 4.78 is 0. The molecule has 0 radical (unpaired) electrons. The molecule has 1 rings (SSSR count). The molecule has 13 heavy (non-hydrogen) atoms. The summed E-state index contributed by atoms with van der Waals surface area (Å²) in [5.41, 5.74) is 1.40. The Balaban J connectivity index is 2.61. The van der Waals surface area contributed by atoms with E-state index in [0.29, 0.717) is 5.92 Å². The van der Waals surface area contributed by atoms with Crippen molar-refractivity contribution in [3.05, 3.63) is 42.7 Å². The van der Waals surface area contributed by atoms with Crippen LogP contribution in [-0.4, -0.2) is 4.98 Å². The summed E-state index contributed by atoms with van der Waals surface area (Å²) in [4.78, 5) is 4.02. The molecule has 0 aromatic carbocycles. The first-order chi connectivity index (χ1) is 6.38. The van der Waals surface area contributed by atoms with Crippen LogP contribution in [0, 0.1) is 0 Å². The minimum atomic E-state index is 0.668. The van der Waals surface area contributed by atoms with Gasteiger partial charge in [-0.1, -0.05) is 13.0 Å². The zero-order valence-corrected chi connectivity index (χ0v) is 8.24. The van der Waals surface area contributed by atoms with Crippen molar-refractivity contribution < 1.29 is 0 Å². The van der Waals surface area contributed by atoms with E-state index in [1.165, 1.54) is 18.4 Å². The maximum Gasteiger partial charge on any atom is 0.0270 e. The number of hydrogen-bond acceptors (Lipinski definition) is 1. The summed E-state index contributed by atoms with van der Waals surface area (Å²) in [6, 6.07) is 4.22. The van der Waals surface area contributed by atoms with E-state index in [1.807, 2.05) is 18.5 Å². The third-order valence-electron chi connectivity index (χ3n) is 2.39. The van der Waals surface area contributed by atoms with Gasteiger partial charge in [0.2, 0.25) is 0 Å². The number of aromatic nitrogens is 1. The van der Waals surface area contributed by atoms with E-state index in [4.69, 9.17) is 0 Å². The second-order valence-corrected chi connectivity index (χ2v) is 3.25. The Morgan fingerprint density at radius 1 is 1.46 bits per heavy atom. The van der Waals surface area contributed by atoms with Crippen LogP contribution in [0.2, 0.25) is 0 Å². The van der Waals surface area contributed by atoms with Crippen molar-refractivity contribution in [2.24, 2.45) is 0 Å². The molecule has 0 fully saturated rings. The van der Waals surface area contributed by atoms with Crippen molar-refractivity contribution in [2.75, 3.05) is 0 Å². The Kier molecular flexibility index (Phi) is 4.24. The summed E-state index contributed by atoms with van der Waals surface area (Å²) in [6.07, 6.45) is 9.21. The van der Waals surface area contributed by atoms with Crippen molar-refractivity contribution in [1.82, 2.24) is 4.98 Å². The molecule has 0 bridgehead atoms. The minimum Gasteiger partial charge on any atom is -0.265 e. The Bertz CT molecular complexity index is 241. The van der Waals surface area contributed by atoms with Crippen LogP contribution in [0.4, 0.5) is 0 Å². The molecule has 0 aliphatic carbocycles. The Morgan fingerprint density at radius 3 is 2.69 bits per heavy atom. The lowest BCUT2D eigenvalue weighted by molar-refractivity contribution is 0.613. The molecule has 1 atom stereocenters. The molecule has 0 aliphatic rings. The maximum atomic E-state index is 4.02. The highest BCUT2D eigenvalue weighted by Crippen LogP contribution is 2.23. The normalized spacial score (nSPS) is 12.4. The van der Waals surface area contributed by atoms with Crippen molar-refractivity contribution >= 4 is 0 Å². The molecule has 1 heterocycles. The van der Waals surface area contributed by atoms with Gasteiger partial charge in [-0.15, -0.1) is 6.58 Å². The zero-order chi connectivity index (χ0) is 9.52. The smallest absolute Gasteiger partial charge is 0.0270 e. The third kappa shape index (κ3) is 3.02. The molecule has 1 nitrogen and oxygen atoms in total. The first-order valence-electron chi connectivity index (χ1n) is 4.89. The van der Waals surface area contributed by atoms with Crippen LogP contribution in [0.15, 0.2) is 37.2 Å². The molecule has 1 aromatic rings. The zero-order valence-electron chi connectivity index (χ0n) is 8.24. The van der Waals surface area contributed by atoms with E-state index in [2.05, 4.69) is 30.6 Å². The molecule has 1 aromatic heterocycles. The van der Waals surface area contributed by atoms with Gasteiger partial charge < -0.3 is 0 Å². The lowest BCUT2D eigenvalue weighted by Crippen LogP contribution is -1.96. The van der Waals surface area contributed by atoms with Gasteiger partial charge in [-0.3, -0.25) is 4.98 Å². The number of rotatable bonds is 5. The quantitative estimate of drug-likeness (QED) is 0.624. The van der Waals surface area contributed by atoms with Gasteiger partial charge in [0.25, 0.3) is 0 Å². The van der Waals surface area contributed by atoms with Gasteiger partial charge in [0.05, 0.1) is 0 Å². The number of nitrogens with zero attached hydrogens (tertiary/aromatic N) is 1. The average Bonchev–Trinajstić information content (AvgIpc) is 2.21.